The molecule has 5 nitrogen and oxygen atoms in total. The van der Waals surface area contributed by atoms with E-state index in [0.717, 1.165) is 11.6 Å². The van der Waals surface area contributed by atoms with E-state index in [0.29, 0.717) is 0 Å². The van der Waals surface area contributed by atoms with E-state index >= 15 is 0 Å². The molecule has 2 aliphatic rings. The van der Waals surface area contributed by atoms with Crippen LogP contribution in [0.25, 0.3) is 0 Å². The lowest BCUT2D eigenvalue weighted by atomic mass is 9.70. The van der Waals surface area contributed by atoms with E-state index < -0.39 is 17.5 Å². The summed E-state index contributed by atoms with van der Waals surface area (Å²) in [5.41, 5.74) is -0.222. The largest absolute Gasteiger partial charge is 0.393 e. The van der Waals surface area contributed by atoms with Gasteiger partial charge in [-0.2, -0.15) is 0 Å². The summed E-state index contributed by atoms with van der Waals surface area (Å²) in [6.07, 6.45) is -0.360. The van der Waals surface area contributed by atoms with Crippen molar-refractivity contribution in [2.45, 2.75) is 31.0 Å². The molecular weight excluding hydrogens is 371 g/mol. The van der Waals surface area contributed by atoms with Gasteiger partial charge in [-0.1, -0.05) is 41.9 Å². The van der Waals surface area contributed by atoms with Gasteiger partial charge < -0.3 is 10.0 Å². The highest BCUT2D eigenvalue weighted by Crippen LogP contribution is 2.44. The smallest absolute Gasteiger partial charge is 0.253 e. The van der Waals surface area contributed by atoms with Crippen LogP contribution in [0.4, 0.5) is 10.1 Å². The van der Waals surface area contributed by atoms with Gasteiger partial charge in [0.2, 0.25) is 5.91 Å². The summed E-state index contributed by atoms with van der Waals surface area (Å²) in [5, 5.41) is 10.1. The van der Waals surface area contributed by atoms with Crippen LogP contribution in [0.2, 0.25) is 5.02 Å². The quantitative estimate of drug-likeness (QED) is 0.879. The van der Waals surface area contributed by atoms with Gasteiger partial charge in [-0.3, -0.25) is 14.5 Å². The maximum absolute atomic E-state index is 14.4. The first-order valence-electron chi connectivity index (χ1n) is 8.70. The highest BCUT2D eigenvalue weighted by Gasteiger charge is 2.60. The molecule has 0 atom stereocenters. The van der Waals surface area contributed by atoms with E-state index in [1.165, 1.54) is 21.9 Å². The number of benzene rings is 2. The Morgan fingerprint density at radius 2 is 1.85 bits per heavy atom. The van der Waals surface area contributed by atoms with Gasteiger partial charge in [0.25, 0.3) is 5.91 Å². The van der Waals surface area contributed by atoms with Crippen molar-refractivity contribution in [1.29, 1.82) is 0 Å². The first-order valence-corrected chi connectivity index (χ1v) is 9.08. The fraction of sp³-hybridized carbons (Fsp3) is 0.300. The Bertz CT molecular complexity index is 899. The number of aliphatic hydroxyl groups is 1. The van der Waals surface area contributed by atoms with Crippen molar-refractivity contribution in [2.75, 3.05) is 11.4 Å². The normalized spacial score (nSPS) is 25.1. The molecule has 0 unspecified atom stereocenters. The predicted molar refractivity (Wildman–Crippen MR) is 98.7 cm³/mol. The summed E-state index contributed by atoms with van der Waals surface area (Å²) in [6, 6.07) is 13.4. The van der Waals surface area contributed by atoms with E-state index in [1.54, 1.807) is 0 Å². The number of halogens is 2. The summed E-state index contributed by atoms with van der Waals surface area (Å²) in [6.45, 7) is 0.0249. The number of hydrogen-bond donors (Lipinski definition) is 1. The number of amides is 2. The second kappa shape index (κ2) is 6.62. The fourth-order valence-electron chi connectivity index (χ4n) is 3.91. The van der Waals surface area contributed by atoms with Crippen molar-refractivity contribution < 1.29 is 19.1 Å². The standard InChI is InChI=1S/C20H18ClFN2O3/c21-14-6-7-17(16(22)8-14)23-12-18(26)24(11-13-4-2-1-3-5-13)20(19(23)27)9-15(25)10-20/h1-8,15,25H,9-12H2. The van der Waals surface area contributed by atoms with E-state index in [1.807, 2.05) is 30.3 Å². The van der Waals surface area contributed by atoms with Crippen LogP contribution in [0.5, 0.6) is 0 Å². The minimum Gasteiger partial charge on any atom is -0.393 e. The van der Waals surface area contributed by atoms with Gasteiger partial charge in [0.15, 0.2) is 0 Å². The number of aliphatic hydroxyl groups excluding tert-OH is 1. The van der Waals surface area contributed by atoms with Crippen LogP contribution in [-0.4, -0.2) is 40.0 Å². The number of anilines is 1. The van der Waals surface area contributed by atoms with Crippen molar-refractivity contribution in [3.8, 4) is 0 Å². The topological polar surface area (TPSA) is 60.9 Å². The fourth-order valence-corrected chi connectivity index (χ4v) is 4.07. The lowest BCUT2D eigenvalue weighted by Crippen LogP contribution is -2.73. The molecule has 7 heteroatoms. The van der Waals surface area contributed by atoms with Crippen molar-refractivity contribution in [1.82, 2.24) is 4.90 Å². The molecule has 2 amide bonds. The molecule has 1 aliphatic carbocycles. The van der Waals surface area contributed by atoms with Crippen LogP contribution in [0, 0.1) is 5.82 Å². The van der Waals surface area contributed by atoms with Gasteiger partial charge in [0.05, 0.1) is 11.8 Å². The van der Waals surface area contributed by atoms with E-state index in [4.69, 9.17) is 11.6 Å². The van der Waals surface area contributed by atoms with Crippen LogP contribution in [-0.2, 0) is 16.1 Å². The van der Waals surface area contributed by atoms with E-state index in [-0.39, 0.29) is 48.5 Å². The molecule has 140 valence electrons. The molecule has 0 bridgehead atoms. The summed E-state index contributed by atoms with van der Waals surface area (Å²) in [5.74, 6) is -1.31. The Labute approximate surface area is 161 Å². The van der Waals surface area contributed by atoms with Crippen molar-refractivity contribution in [2.24, 2.45) is 0 Å². The van der Waals surface area contributed by atoms with Crippen molar-refractivity contribution in [3.05, 3.63) is 64.9 Å². The summed E-state index contributed by atoms with van der Waals surface area (Å²) < 4.78 is 14.4. The van der Waals surface area contributed by atoms with Gasteiger partial charge in [-0.05, 0) is 23.8 Å². The second-order valence-electron chi connectivity index (χ2n) is 7.05. The molecule has 1 spiro atoms. The molecule has 2 aromatic carbocycles. The summed E-state index contributed by atoms with van der Waals surface area (Å²) in [4.78, 5) is 28.9. The molecule has 1 heterocycles. The minimum absolute atomic E-state index is 0.0258. The third kappa shape index (κ3) is 2.99. The molecule has 1 N–H and O–H groups in total. The third-order valence-electron chi connectivity index (χ3n) is 5.29. The first kappa shape index (κ1) is 17.9. The number of rotatable bonds is 3. The highest BCUT2D eigenvalue weighted by molar-refractivity contribution is 6.30. The Morgan fingerprint density at radius 1 is 1.15 bits per heavy atom. The maximum atomic E-state index is 14.4. The molecule has 1 saturated carbocycles. The number of hydrogen-bond acceptors (Lipinski definition) is 3. The van der Waals surface area contributed by atoms with Gasteiger partial charge in [-0.15, -0.1) is 0 Å². The van der Waals surface area contributed by atoms with Gasteiger partial charge in [0, 0.05) is 24.4 Å². The van der Waals surface area contributed by atoms with E-state index in [9.17, 15) is 19.1 Å². The van der Waals surface area contributed by atoms with Gasteiger partial charge in [-0.25, -0.2) is 4.39 Å². The Morgan fingerprint density at radius 3 is 2.48 bits per heavy atom. The zero-order chi connectivity index (χ0) is 19.2. The zero-order valence-corrected chi connectivity index (χ0v) is 15.2. The van der Waals surface area contributed by atoms with Crippen molar-refractivity contribution in [3.63, 3.8) is 0 Å². The minimum atomic E-state index is -1.14. The van der Waals surface area contributed by atoms with E-state index in [2.05, 4.69) is 0 Å². The molecule has 4 rings (SSSR count). The third-order valence-corrected chi connectivity index (χ3v) is 5.52. The monoisotopic (exact) mass is 388 g/mol. The maximum Gasteiger partial charge on any atom is 0.253 e. The highest BCUT2D eigenvalue weighted by atomic mass is 35.5. The van der Waals surface area contributed by atoms with Crippen LogP contribution in [0.3, 0.4) is 0 Å². The van der Waals surface area contributed by atoms with Crippen molar-refractivity contribution >= 4 is 29.1 Å². The molecule has 0 radical (unpaired) electrons. The van der Waals surface area contributed by atoms with Gasteiger partial charge in [0.1, 0.15) is 17.9 Å². The number of nitrogens with zero attached hydrogens (tertiary/aromatic N) is 2. The lowest BCUT2D eigenvalue weighted by Gasteiger charge is -2.55. The molecule has 1 aliphatic heterocycles. The molecule has 2 aromatic rings. The lowest BCUT2D eigenvalue weighted by molar-refractivity contribution is -0.167. The van der Waals surface area contributed by atoms with Crippen LogP contribution in [0.1, 0.15) is 18.4 Å². The molecule has 27 heavy (non-hydrogen) atoms. The summed E-state index contributed by atoms with van der Waals surface area (Å²) >= 11 is 5.80. The zero-order valence-electron chi connectivity index (χ0n) is 14.4. The second-order valence-corrected chi connectivity index (χ2v) is 7.48. The van der Waals surface area contributed by atoms with Crippen LogP contribution in [0.15, 0.2) is 48.5 Å². The Hall–Kier alpha value is -2.44. The number of piperazine rings is 1. The first-order chi connectivity index (χ1) is 12.9. The van der Waals surface area contributed by atoms with Crippen LogP contribution < -0.4 is 4.90 Å². The number of carbonyl (C=O) groups is 2. The predicted octanol–water partition coefficient (Wildman–Crippen LogP) is 2.75. The molecule has 1 saturated heterocycles. The SMILES string of the molecule is O=C1CN(c2ccc(Cl)cc2F)C(=O)C2(CC(O)C2)N1Cc1ccccc1. The summed E-state index contributed by atoms with van der Waals surface area (Å²) in [7, 11) is 0. The average molecular weight is 389 g/mol. The average Bonchev–Trinajstić information content (AvgIpc) is 2.61. The molecule has 2 fully saturated rings. The van der Waals surface area contributed by atoms with Gasteiger partial charge >= 0.3 is 0 Å². The number of carbonyl (C=O) groups excluding carboxylic acids is 2. The Kier molecular flexibility index (Phi) is 4.40. The van der Waals surface area contributed by atoms with Crippen LogP contribution >= 0.6 is 11.6 Å². The Balaban J connectivity index is 1.69. The molecule has 0 aromatic heterocycles. The molecular formula is C20H18ClFN2O3.